The van der Waals surface area contributed by atoms with Crippen molar-refractivity contribution in [2.45, 2.75) is 221 Å². The van der Waals surface area contributed by atoms with E-state index in [-0.39, 0.29) is 18.0 Å². The minimum Gasteiger partial charge on any atom is -0.462 e. The summed E-state index contributed by atoms with van der Waals surface area (Å²) in [7, 11) is 0. The molecule has 8 heterocycles. The maximum absolute atomic E-state index is 11.4. The Morgan fingerprint density at radius 2 is 0.649 bits per heavy atom. The number of hydrogen-bond acceptors (Lipinski definition) is 38. The second-order valence-electron chi connectivity index (χ2n) is 23.4. The summed E-state index contributed by atoms with van der Waals surface area (Å²) in [6.07, 6.45) is -66.7. The predicted molar refractivity (Wildman–Crippen MR) is 290 cm³/mol. The van der Waals surface area contributed by atoms with E-state index in [2.05, 4.69) is 0 Å². The van der Waals surface area contributed by atoms with E-state index in [1.54, 1.807) is 30.3 Å². The Kier molecular flexibility index (Phi) is 24.5. The molecular formula is C55H79NO38. The highest BCUT2D eigenvalue weighted by Crippen LogP contribution is 2.40. The molecule has 0 aromatic heterocycles. The molecule has 0 radical (unpaired) electrons. The predicted octanol–water partition coefficient (Wildman–Crippen LogP) is -11.5. The normalized spacial score (nSPS) is 47.7. The fourth-order valence-corrected chi connectivity index (χ4v) is 12.2. The first-order valence-corrected chi connectivity index (χ1v) is 29.9. The lowest BCUT2D eigenvalue weighted by Crippen LogP contribution is -2.68. The highest BCUT2D eigenvalue weighted by Gasteiger charge is 2.59. The fraction of sp³-hybridized carbons (Fsp3) is 0.782. The van der Waals surface area contributed by atoms with Gasteiger partial charge in [0.2, 0.25) is 6.29 Å². The smallest absolute Gasteiger partial charge is 0.269 e. The maximum Gasteiger partial charge on any atom is 0.269 e. The van der Waals surface area contributed by atoms with E-state index in [0.717, 1.165) is 12.1 Å². The molecule has 39 nitrogen and oxygen atoms in total. The molecule has 0 saturated carbocycles. The molecule has 0 spiro atoms. The lowest BCUT2D eigenvalue weighted by atomic mass is 9.95. The van der Waals surface area contributed by atoms with E-state index in [0.29, 0.717) is 5.56 Å². The molecular weight excluding hydrogens is 1280 g/mol. The fourth-order valence-electron chi connectivity index (χ4n) is 12.2. The number of ether oxygens (including phenoxy) is 16. The number of hydrogen-bond donors (Lipinski definition) is 20. The van der Waals surface area contributed by atoms with Gasteiger partial charge in [-0.3, -0.25) is 10.1 Å². The summed E-state index contributed by atoms with van der Waals surface area (Å²) < 4.78 is 91.6. The molecule has 20 N–H and O–H groups in total. The van der Waals surface area contributed by atoms with Crippen LogP contribution in [0.2, 0.25) is 0 Å². The molecule has 39 heteroatoms. The number of nitrogens with zero attached hydrogens (tertiary/aromatic N) is 1. The van der Waals surface area contributed by atoms with E-state index in [1.165, 1.54) is 12.1 Å². The molecule has 8 aliphatic rings. The molecule has 36 unspecified atom stereocenters. The third-order valence-electron chi connectivity index (χ3n) is 17.4. The Bertz CT molecular complexity index is 2670. The summed E-state index contributed by atoms with van der Waals surface area (Å²) >= 11 is 0. The van der Waals surface area contributed by atoms with Gasteiger partial charge < -0.3 is 178 Å². The summed E-state index contributed by atoms with van der Waals surface area (Å²) in [4.78, 5) is 10.4. The van der Waals surface area contributed by atoms with Gasteiger partial charge in [0.15, 0.2) is 44.0 Å². The second kappa shape index (κ2) is 31.6. The summed E-state index contributed by atoms with van der Waals surface area (Å²) in [6, 6.07) is 13.3. The van der Waals surface area contributed by atoms with Gasteiger partial charge in [0.1, 0.15) is 177 Å². The summed E-state index contributed by atoms with van der Waals surface area (Å²) in [5.41, 5.74) is 0.340. The van der Waals surface area contributed by atoms with Gasteiger partial charge in [-0.1, -0.05) is 30.3 Å². The van der Waals surface area contributed by atoms with Crippen LogP contribution in [-0.4, -0.2) is 368 Å². The first kappa shape index (κ1) is 73.0. The minimum atomic E-state index is -2.24. The number of nitro benzene ring substituents is 1. The van der Waals surface area contributed by atoms with Gasteiger partial charge in [-0.15, -0.1) is 0 Å². The Labute approximate surface area is 530 Å². The van der Waals surface area contributed by atoms with Crippen LogP contribution in [0, 0.1) is 10.1 Å². The lowest BCUT2D eigenvalue weighted by molar-refractivity contribution is -0.400. The molecule has 36 atom stereocenters. The molecule has 532 valence electrons. The summed E-state index contributed by atoms with van der Waals surface area (Å²) in [5.74, 6) is -0.0421. The van der Waals surface area contributed by atoms with Crippen LogP contribution in [-0.2, 0) is 71.1 Å². The van der Waals surface area contributed by atoms with Crippen molar-refractivity contribution in [3.8, 4) is 5.75 Å². The SMILES string of the molecule is O=[N+]([O-])c1ccc(OC2OC(CO)C(OC3OC(CO)C(OC4OC(CO)C(OC5OC(CO)C(OC6OC(CO)C(OC7OC(CO)C(OC8OC9COC(c%10ccccc%10)OC9C(O)C8O)C(O)C7O)C(O)C6O)C(O)C5O)C(O)C4O)C(O)C3O)C(O)C2O)cc1. The molecule has 8 saturated heterocycles. The van der Waals surface area contributed by atoms with Gasteiger partial charge in [-0.2, -0.15) is 0 Å². The number of rotatable bonds is 22. The minimum absolute atomic E-state index is 0.0421. The zero-order valence-electron chi connectivity index (χ0n) is 49.2. The highest BCUT2D eigenvalue weighted by molar-refractivity contribution is 5.36. The van der Waals surface area contributed by atoms with Crippen molar-refractivity contribution in [2.24, 2.45) is 0 Å². The van der Waals surface area contributed by atoms with Gasteiger partial charge in [0.05, 0.1) is 51.2 Å². The van der Waals surface area contributed by atoms with Crippen LogP contribution in [0.15, 0.2) is 54.6 Å². The average Bonchev–Trinajstić information content (AvgIpc) is 0.818. The third-order valence-corrected chi connectivity index (χ3v) is 17.4. The van der Waals surface area contributed by atoms with Crippen LogP contribution >= 0.6 is 0 Å². The van der Waals surface area contributed by atoms with E-state index in [9.17, 15) is 112 Å². The standard InChI is InChI=1S/C55H79NO38/c57-10-20-41(27(63)34(70)49(81-20)80-19-8-6-18(7-9-19)56(77)78)89-50-35(71)28(64)42(21(11-58)82-50)90-51-36(72)29(65)43(22(12-59)83-51)91-52-37(73)30(66)44(23(13-60)84-52)92-53-38(74)31(67)45(24(14-61)85-53)93-54-39(75)32(68)46(25(15-62)86-54)94-55-40(76)33(69)47-26(87-55)16-79-48(88-47)17-4-2-1-3-5-17/h1-9,20-55,57-76H,10-16H2. The zero-order chi connectivity index (χ0) is 67.7. The Morgan fingerprint density at radius 3 is 0.957 bits per heavy atom. The van der Waals surface area contributed by atoms with Crippen LogP contribution in [0.25, 0.3) is 0 Å². The monoisotopic (exact) mass is 1360 g/mol. The van der Waals surface area contributed by atoms with Gasteiger partial charge >= 0.3 is 0 Å². The van der Waals surface area contributed by atoms with Crippen molar-refractivity contribution in [3.05, 3.63) is 70.3 Å². The molecule has 10 rings (SSSR count). The van der Waals surface area contributed by atoms with E-state index in [4.69, 9.17) is 75.8 Å². The number of aliphatic hydroxyl groups is 20. The number of benzene rings is 2. The first-order chi connectivity index (χ1) is 44.9. The van der Waals surface area contributed by atoms with Crippen LogP contribution in [0.4, 0.5) is 5.69 Å². The van der Waals surface area contributed by atoms with E-state index >= 15 is 0 Å². The Morgan fingerprint density at radius 1 is 0.362 bits per heavy atom. The molecule has 2 aromatic carbocycles. The molecule has 94 heavy (non-hydrogen) atoms. The van der Waals surface area contributed by atoms with E-state index in [1.807, 2.05) is 0 Å². The van der Waals surface area contributed by atoms with Crippen molar-refractivity contribution in [1.29, 1.82) is 0 Å². The van der Waals surface area contributed by atoms with Gasteiger partial charge in [0.25, 0.3) is 5.69 Å². The van der Waals surface area contributed by atoms with Crippen molar-refractivity contribution in [3.63, 3.8) is 0 Å². The molecule has 8 aliphatic heterocycles. The zero-order valence-corrected chi connectivity index (χ0v) is 49.2. The lowest BCUT2D eigenvalue weighted by Gasteiger charge is -2.50. The van der Waals surface area contributed by atoms with Gasteiger partial charge in [-0.05, 0) is 12.1 Å². The second-order valence-corrected chi connectivity index (χ2v) is 23.4. The summed E-state index contributed by atoms with van der Waals surface area (Å²) in [5, 5.41) is 231. The molecule has 2 aromatic rings. The van der Waals surface area contributed by atoms with Crippen LogP contribution in [0.1, 0.15) is 11.9 Å². The topological polar surface area (TPSA) is 595 Å². The largest absolute Gasteiger partial charge is 0.462 e. The average molecular weight is 1360 g/mol. The number of aliphatic hydroxyl groups excluding tert-OH is 20. The highest BCUT2D eigenvalue weighted by atomic mass is 16.8. The molecule has 0 amide bonds. The quantitative estimate of drug-likeness (QED) is 0.0384. The number of non-ortho nitro benzene ring substituents is 1. The number of nitro groups is 1. The van der Waals surface area contributed by atoms with Crippen molar-refractivity contribution >= 4 is 5.69 Å². The van der Waals surface area contributed by atoms with Gasteiger partial charge in [-0.25, -0.2) is 0 Å². The molecule has 0 aliphatic carbocycles. The van der Waals surface area contributed by atoms with Crippen molar-refractivity contribution < 1.29 is 183 Å². The van der Waals surface area contributed by atoms with Crippen LogP contribution in [0.5, 0.6) is 5.75 Å². The van der Waals surface area contributed by atoms with Crippen LogP contribution < -0.4 is 4.74 Å². The molecule has 8 fully saturated rings. The van der Waals surface area contributed by atoms with Gasteiger partial charge in [0, 0.05) is 17.7 Å². The summed E-state index contributed by atoms with van der Waals surface area (Å²) in [6.45, 7) is -6.20. The third kappa shape index (κ3) is 15.1. The number of fused-ring (bicyclic) bond motifs is 1. The Balaban J connectivity index is 0.713. The van der Waals surface area contributed by atoms with Crippen molar-refractivity contribution in [2.75, 3.05) is 46.2 Å². The maximum atomic E-state index is 11.4. The van der Waals surface area contributed by atoms with Crippen LogP contribution in [0.3, 0.4) is 0 Å². The first-order valence-electron chi connectivity index (χ1n) is 29.9. The molecule has 0 bridgehead atoms. The van der Waals surface area contributed by atoms with E-state index < -0.39 is 266 Å². The van der Waals surface area contributed by atoms with Crippen molar-refractivity contribution in [1.82, 2.24) is 0 Å². The Hall–Kier alpha value is -3.76.